The van der Waals surface area contributed by atoms with Gasteiger partial charge in [-0.1, -0.05) is 19.9 Å². The van der Waals surface area contributed by atoms with E-state index in [1.807, 2.05) is 50.2 Å². The molecule has 3 aromatic rings. The summed E-state index contributed by atoms with van der Waals surface area (Å²) in [5.74, 6) is 0.774. The Morgan fingerprint density at radius 3 is 2.32 bits per heavy atom. The van der Waals surface area contributed by atoms with Crippen LogP contribution in [0.3, 0.4) is 0 Å². The van der Waals surface area contributed by atoms with Crippen LogP contribution in [0.25, 0.3) is 11.3 Å². The van der Waals surface area contributed by atoms with E-state index >= 15 is 0 Å². The summed E-state index contributed by atoms with van der Waals surface area (Å²) in [5.41, 5.74) is 1.97. The zero-order chi connectivity index (χ0) is 26.4. The van der Waals surface area contributed by atoms with E-state index in [2.05, 4.69) is 15.1 Å². The van der Waals surface area contributed by atoms with Gasteiger partial charge in [0.1, 0.15) is 18.1 Å². The van der Waals surface area contributed by atoms with Crippen molar-refractivity contribution in [3.63, 3.8) is 0 Å². The minimum absolute atomic E-state index is 0.0378. The summed E-state index contributed by atoms with van der Waals surface area (Å²) < 4.78 is 18.9. The molecule has 2 heterocycles. The predicted octanol–water partition coefficient (Wildman–Crippen LogP) is 3.74. The zero-order valence-corrected chi connectivity index (χ0v) is 21.4. The maximum absolute atomic E-state index is 13.7. The third-order valence-electron chi connectivity index (χ3n) is 6.26. The molecule has 1 fully saturated rings. The maximum atomic E-state index is 13.7. The van der Waals surface area contributed by atoms with Gasteiger partial charge in [0.05, 0.1) is 12.8 Å². The molecule has 4 rings (SSSR count). The number of benzene rings is 2. The van der Waals surface area contributed by atoms with Gasteiger partial charge in [-0.2, -0.15) is 0 Å². The minimum Gasteiger partial charge on any atom is -0.497 e. The third kappa shape index (κ3) is 6.61. The fourth-order valence-corrected chi connectivity index (χ4v) is 4.32. The second-order valence-corrected chi connectivity index (χ2v) is 9.46. The molecular formula is C28H32FN5O3. The molecule has 37 heavy (non-hydrogen) atoms. The highest BCUT2D eigenvalue weighted by molar-refractivity contribution is 5.96. The first-order valence-electron chi connectivity index (χ1n) is 12.4. The van der Waals surface area contributed by atoms with Gasteiger partial charge in [0.2, 0.25) is 5.91 Å². The summed E-state index contributed by atoms with van der Waals surface area (Å²) in [4.78, 5) is 31.5. The standard InChI is InChI=1S/C28H32FN5O3/c1-20(2)18-34(28(36)22-5-4-6-23(29)17-22)19-27(35)33-15-13-32(14-16-33)26-12-11-25(30-31-26)21-7-9-24(37-3)10-8-21/h4-12,17,20H,13-16,18-19H2,1-3H3. The fraction of sp³-hybridized carbons (Fsp3) is 0.357. The smallest absolute Gasteiger partial charge is 0.254 e. The van der Waals surface area contributed by atoms with Crippen LogP contribution in [0.4, 0.5) is 10.2 Å². The number of piperazine rings is 1. The highest BCUT2D eigenvalue weighted by Gasteiger charge is 2.26. The van der Waals surface area contributed by atoms with Crippen LogP contribution in [0, 0.1) is 11.7 Å². The highest BCUT2D eigenvalue weighted by atomic mass is 19.1. The molecule has 0 unspecified atom stereocenters. The van der Waals surface area contributed by atoms with Crippen LogP contribution in [0.5, 0.6) is 5.75 Å². The van der Waals surface area contributed by atoms with Crippen molar-refractivity contribution < 1.29 is 18.7 Å². The molecule has 0 N–H and O–H groups in total. The lowest BCUT2D eigenvalue weighted by Crippen LogP contribution is -2.52. The number of carbonyl (C=O) groups is 2. The van der Waals surface area contributed by atoms with Crippen molar-refractivity contribution in [2.75, 3.05) is 51.3 Å². The maximum Gasteiger partial charge on any atom is 0.254 e. The van der Waals surface area contributed by atoms with Gasteiger partial charge in [0, 0.05) is 43.9 Å². The summed E-state index contributed by atoms with van der Waals surface area (Å²) in [7, 11) is 1.63. The molecule has 0 saturated carbocycles. The van der Waals surface area contributed by atoms with Crippen LogP contribution >= 0.6 is 0 Å². The van der Waals surface area contributed by atoms with Crippen molar-refractivity contribution in [3.8, 4) is 17.0 Å². The van der Waals surface area contributed by atoms with Crippen molar-refractivity contribution in [1.82, 2.24) is 20.0 Å². The molecule has 194 valence electrons. The van der Waals surface area contributed by atoms with Crippen LogP contribution in [-0.2, 0) is 4.79 Å². The van der Waals surface area contributed by atoms with Crippen LogP contribution in [0.1, 0.15) is 24.2 Å². The monoisotopic (exact) mass is 505 g/mol. The number of hydrogen-bond donors (Lipinski definition) is 0. The molecule has 8 nitrogen and oxygen atoms in total. The molecule has 0 bridgehead atoms. The number of hydrogen-bond acceptors (Lipinski definition) is 6. The average molecular weight is 506 g/mol. The van der Waals surface area contributed by atoms with Crippen molar-refractivity contribution in [3.05, 3.63) is 72.0 Å². The molecule has 1 aliphatic rings. The van der Waals surface area contributed by atoms with Gasteiger partial charge >= 0.3 is 0 Å². The summed E-state index contributed by atoms with van der Waals surface area (Å²) in [6.07, 6.45) is 0. The fourth-order valence-electron chi connectivity index (χ4n) is 4.32. The lowest BCUT2D eigenvalue weighted by Gasteiger charge is -2.36. The number of nitrogens with zero attached hydrogens (tertiary/aromatic N) is 5. The summed E-state index contributed by atoms with van der Waals surface area (Å²) in [5, 5.41) is 8.77. The molecule has 0 spiro atoms. The summed E-state index contributed by atoms with van der Waals surface area (Å²) >= 11 is 0. The number of anilines is 1. The van der Waals surface area contributed by atoms with E-state index in [0.717, 1.165) is 22.8 Å². The van der Waals surface area contributed by atoms with Gasteiger partial charge in [0.25, 0.3) is 5.91 Å². The Morgan fingerprint density at radius 1 is 1.00 bits per heavy atom. The van der Waals surface area contributed by atoms with Gasteiger partial charge < -0.3 is 19.4 Å². The molecule has 0 aliphatic carbocycles. The Kier molecular flexibility index (Phi) is 8.32. The van der Waals surface area contributed by atoms with Crippen molar-refractivity contribution in [2.45, 2.75) is 13.8 Å². The number of rotatable bonds is 8. The average Bonchev–Trinajstić information content (AvgIpc) is 2.92. The van der Waals surface area contributed by atoms with Gasteiger partial charge in [-0.05, 0) is 60.5 Å². The minimum atomic E-state index is -0.474. The van der Waals surface area contributed by atoms with Crippen LogP contribution in [0.2, 0.25) is 0 Å². The van der Waals surface area contributed by atoms with Crippen LogP contribution < -0.4 is 9.64 Å². The van der Waals surface area contributed by atoms with Gasteiger partial charge in [-0.25, -0.2) is 4.39 Å². The SMILES string of the molecule is COc1ccc(-c2ccc(N3CCN(C(=O)CN(CC(C)C)C(=O)c4cccc(F)c4)CC3)nn2)cc1. The van der Waals surface area contributed by atoms with Gasteiger partial charge in [0.15, 0.2) is 5.82 Å². The molecule has 1 aromatic heterocycles. The zero-order valence-electron chi connectivity index (χ0n) is 21.4. The topological polar surface area (TPSA) is 78.9 Å². The molecular weight excluding hydrogens is 473 g/mol. The molecule has 2 aromatic carbocycles. The molecule has 0 radical (unpaired) electrons. The Morgan fingerprint density at radius 2 is 1.73 bits per heavy atom. The first-order valence-corrected chi connectivity index (χ1v) is 12.4. The Labute approximate surface area is 216 Å². The molecule has 1 saturated heterocycles. The first-order chi connectivity index (χ1) is 17.8. The first kappa shape index (κ1) is 26.1. The van der Waals surface area contributed by atoms with E-state index < -0.39 is 5.82 Å². The largest absolute Gasteiger partial charge is 0.497 e. The number of carbonyl (C=O) groups excluding carboxylic acids is 2. The van der Waals surface area contributed by atoms with E-state index in [1.54, 1.807) is 18.1 Å². The number of methoxy groups -OCH3 is 1. The van der Waals surface area contributed by atoms with E-state index in [1.165, 1.54) is 23.1 Å². The normalized spacial score (nSPS) is 13.5. The number of ether oxygens (including phenoxy) is 1. The summed E-state index contributed by atoms with van der Waals surface area (Å²) in [6.45, 7) is 6.61. The van der Waals surface area contributed by atoms with Crippen LogP contribution in [-0.4, -0.2) is 78.2 Å². The number of aromatic nitrogens is 2. The Balaban J connectivity index is 1.34. The summed E-state index contributed by atoms with van der Waals surface area (Å²) in [6, 6.07) is 17.1. The van der Waals surface area contributed by atoms with E-state index in [9.17, 15) is 14.0 Å². The van der Waals surface area contributed by atoms with E-state index in [0.29, 0.717) is 32.7 Å². The van der Waals surface area contributed by atoms with E-state index in [-0.39, 0.29) is 29.8 Å². The molecule has 1 aliphatic heterocycles. The molecule has 9 heteroatoms. The number of amides is 2. The van der Waals surface area contributed by atoms with E-state index in [4.69, 9.17) is 4.74 Å². The van der Waals surface area contributed by atoms with Crippen molar-refractivity contribution in [2.24, 2.45) is 5.92 Å². The van der Waals surface area contributed by atoms with Crippen molar-refractivity contribution in [1.29, 1.82) is 0 Å². The number of halogens is 1. The predicted molar refractivity (Wildman–Crippen MR) is 140 cm³/mol. The Bertz CT molecular complexity index is 1210. The molecule has 2 amide bonds. The second-order valence-electron chi connectivity index (χ2n) is 9.46. The quantitative estimate of drug-likeness (QED) is 0.464. The highest BCUT2D eigenvalue weighted by Crippen LogP contribution is 2.22. The Hall–Kier alpha value is -4.01. The lowest BCUT2D eigenvalue weighted by molar-refractivity contribution is -0.132. The van der Waals surface area contributed by atoms with Crippen molar-refractivity contribution >= 4 is 17.6 Å². The molecule has 0 atom stereocenters. The second kappa shape index (κ2) is 11.8. The third-order valence-corrected chi connectivity index (χ3v) is 6.26. The van der Waals surface area contributed by atoms with Gasteiger partial charge in [-0.15, -0.1) is 10.2 Å². The van der Waals surface area contributed by atoms with Gasteiger partial charge in [-0.3, -0.25) is 9.59 Å². The lowest BCUT2D eigenvalue weighted by atomic mass is 10.1. The van der Waals surface area contributed by atoms with Crippen LogP contribution in [0.15, 0.2) is 60.7 Å².